The molecule has 0 N–H and O–H groups in total. The first-order valence-electron chi connectivity index (χ1n) is 9.46. The van der Waals surface area contributed by atoms with Crippen LogP contribution in [-0.4, -0.2) is 53.5 Å². The highest BCUT2D eigenvalue weighted by Crippen LogP contribution is 2.53. The fourth-order valence-corrected chi connectivity index (χ4v) is 5.33. The highest BCUT2D eigenvalue weighted by Gasteiger charge is 2.60. The zero-order valence-electron chi connectivity index (χ0n) is 14.6. The van der Waals surface area contributed by atoms with E-state index in [1.54, 1.807) is 0 Å². The summed E-state index contributed by atoms with van der Waals surface area (Å²) in [5.74, 6) is 1.60. The first-order chi connectivity index (χ1) is 11.6. The highest BCUT2D eigenvalue weighted by atomic mass is 16.1. The summed E-state index contributed by atoms with van der Waals surface area (Å²) in [6.07, 6.45) is 7.88. The molecule has 4 fully saturated rings. The standard InChI is InChI=1S/C19H26N4O/c1-12(2)23-8-5-17-14(10-23)9-15(18(24)19(17)20-21-19)16-11-22-6-3-13(16)4-7-22/h5,10,12-13,15-16H,3-4,6-9,11H2,1-2H3/t15-,16?/m0/s1. The van der Waals surface area contributed by atoms with Crippen LogP contribution in [-0.2, 0) is 4.79 Å². The van der Waals surface area contributed by atoms with E-state index < -0.39 is 5.66 Å². The van der Waals surface area contributed by atoms with Crippen molar-refractivity contribution in [1.82, 2.24) is 9.80 Å². The summed E-state index contributed by atoms with van der Waals surface area (Å²) < 4.78 is 0. The molecule has 0 radical (unpaired) electrons. The first kappa shape index (κ1) is 14.8. The van der Waals surface area contributed by atoms with Crippen LogP contribution in [0, 0.1) is 17.8 Å². The maximum Gasteiger partial charge on any atom is 0.273 e. The minimum absolute atomic E-state index is 0.101. The van der Waals surface area contributed by atoms with Crippen molar-refractivity contribution in [3.05, 3.63) is 23.4 Å². The quantitative estimate of drug-likeness (QED) is 0.784. The lowest BCUT2D eigenvalue weighted by Gasteiger charge is -2.49. The Hall–Kier alpha value is -1.49. The lowest BCUT2D eigenvalue weighted by atomic mass is 9.63. The van der Waals surface area contributed by atoms with E-state index in [0.29, 0.717) is 12.0 Å². The molecule has 0 aromatic heterocycles. The Balaban J connectivity index is 1.47. The summed E-state index contributed by atoms with van der Waals surface area (Å²) >= 11 is 0. The molecule has 5 aliphatic heterocycles. The van der Waals surface area contributed by atoms with Gasteiger partial charge in [-0.2, -0.15) is 0 Å². The number of hydrogen-bond acceptors (Lipinski definition) is 5. The number of carbonyl (C=O) groups is 1. The van der Waals surface area contributed by atoms with Gasteiger partial charge in [0.25, 0.3) is 5.66 Å². The number of nitrogens with zero attached hydrogens (tertiary/aromatic N) is 4. The number of ketones is 1. The number of hydrogen-bond donors (Lipinski definition) is 0. The van der Waals surface area contributed by atoms with Gasteiger partial charge in [0.1, 0.15) is 0 Å². The minimum atomic E-state index is -0.816. The predicted molar refractivity (Wildman–Crippen MR) is 91.4 cm³/mol. The van der Waals surface area contributed by atoms with Crippen molar-refractivity contribution in [3.8, 4) is 0 Å². The Morgan fingerprint density at radius 2 is 2.00 bits per heavy atom. The van der Waals surface area contributed by atoms with Crippen LogP contribution in [0.3, 0.4) is 0 Å². The molecule has 2 bridgehead atoms. The molecule has 6 rings (SSSR count). The number of piperidine rings is 3. The molecule has 0 amide bonds. The van der Waals surface area contributed by atoms with E-state index in [2.05, 4.69) is 46.2 Å². The Morgan fingerprint density at radius 3 is 2.58 bits per heavy atom. The summed E-state index contributed by atoms with van der Waals surface area (Å²) in [7, 11) is 0. The van der Waals surface area contributed by atoms with Crippen LogP contribution >= 0.6 is 0 Å². The van der Waals surface area contributed by atoms with Gasteiger partial charge in [-0.15, -0.1) is 10.2 Å². The van der Waals surface area contributed by atoms with Crippen LogP contribution in [0.4, 0.5) is 0 Å². The average Bonchev–Trinajstić information content (AvgIpc) is 3.40. The number of fused-ring (bicyclic) bond motifs is 5. The van der Waals surface area contributed by atoms with Crippen LogP contribution in [0.25, 0.3) is 0 Å². The molecule has 5 nitrogen and oxygen atoms in total. The van der Waals surface area contributed by atoms with Crippen LogP contribution in [0.15, 0.2) is 33.7 Å². The van der Waals surface area contributed by atoms with Crippen molar-refractivity contribution >= 4 is 5.78 Å². The van der Waals surface area contributed by atoms with Gasteiger partial charge in [-0.1, -0.05) is 6.08 Å². The Labute approximate surface area is 143 Å². The molecule has 128 valence electrons. The Kier molecular flexibility index (Phi) is 3.09. The molecule has 1 spiro atoms. The SMILES string of the molecule is CC(C)N1C=C2C[C@@H](C3CN4CCC3CC4)C(=O)C3(N=N3)C2=CC1. The highest BCUT2D eigenvalue weighted by molar-refractivity contribution is 5.99. The van der Waals surface area contributed by atoms with Gasteiger partial charge in [0.2, 0.25) is 0 Å². The first-order valence-corrected chi connectivity index (χ1v) is 9.46. The summed E-state index contributed by atoms with van der Waals surface area (Å²) in [6, 6.07) is 0.479. The Bertz CT molecular complexity index is 663. The zero-order chi connectivity index (χ0) is 16.5. The molecule has 2 atom stereocenters. The van der Waals surface area contributed by atoms with Crippen molar-refractivity contribution < 1.29 is 4.79 Å². The summed E-state index contributed by atoms with van der Waals surface area (Å²) in [5, 5.41) is 8.54. The van der Waals surface area contributed by atoms with Gasteiger partial charge in [-0.3, -0.25) is 4.79 Å². The molecule has 1 aliphatic carbocycles. The van der Waals surface area contributed by atoms with E-state index in [1.165, 1.54) is 31.5 Å². The molecular weight excluding hydrogens is 300 g/mol. The van der Waals surface area contributed by atoms with Gasteiger partial charge in [0.05, 0.1) is 0 Å². The third-order valence-corrected chi connectivity index (χ3v) is 6.86. The second kappa shape index (κ2) is 5.01. The molecular formula is C19H26N4O. The average molecular weight is 326 g/mol. The van der Waals surface area contributed by atoms with Gasteiger partial charge >= 0.3 is 0 Å². The van der Waals surface area contributed by atoms with Crippen molar-refractivity contribution in [2.45, 2.75) is 44.8 Å². The normalized spacial score (nSPS) is 39.1. The molecule has 5 heteroatoms. The lowest BCUT2D eigenvalue weighted by Crippen LogP contribution is -2.54. The minimum Gasteiger partial charge on any atom is -0.371 e. The van der Waals surface area contributed by atoms with E-state index in [0.717, 1.165) is 31.0 Å². The monoisotopic (exact) mass is 326 g/mol. The molecule has 5 heterocycles. The maximum absolute atomic E-state index is 13.3. The van der Waals surface area contributed by atoms with Gasteiger partial charge in [-0.25, -0.2) is 0 Å². The maximum atomic E-state index is 13.3. The van der Waals surface area contributed by atoms with Gasteiger partial charge < -0.3 is 9.80 Å². The molecule has 6 aliphatic rings. The molecule has 0 aromatic rings. The lowest BCUT2D eigenvalue weighted by molar-refractivity contribution is -0.130. The number of Topliss-reactive ketones (excluding diaryl/α,β-unsaturated/α-hetero) is 1. The van der Waals surface area contributed by atoms with Crippen LogP contribution in [0.2, 0.25) is 0 Å². The molecule has 1 saturated carbocycles. The summed E-state index contributed by atoms with van der Waals surface area (Å²) in [5.41, 5.74) is 1.58. The molecule has 1 unspecified atom stereocenters. The van der Waals surface area contributed by atoms with E-state index in [-0.39, 0.29) is 11.7 Å². The Morgan fingerprint density at radius 1 is 1.25 bits per heavy atom. The van der Waals surface area contributed by atoms with Crippen LogP contribution in [0.5, 0.6) is 0 Å². The van der Waals surface area contributed by atoms with Gasteiger partial charge in [-0.05, 0) is 63.6 Å². The molecule has 24 heavy (non-hydrogen) atoms. The van der Waals surface area contributed by atoms with Crippen LogP contribution in [0.1, 0.15) is 33.1 Å². The fourth-order valence-electron chi connectivity index (χ4n) is 5.33. The van der Waals surface area contributed by atoms with Crippen molar-refractivity contribution in [2.24, 2.45) is 28.0 Å². The topological polar surface area (TPSA) is 48.3 Å². The second-order valence-corrected chi connectivity index (χ2v) is 8.41. The largest absolute Gasteiger partial charge is 0.371 e. The third-order valence-electron chi connectivity index (χ3n) is 6.86. The summed E-state index contributed by atoms with van der Waals surface area (Å²) in [4.78, 5) is 18.2. The molecule has 3 saturated heterocycles. The molecule has 0 aromatic carbocycles. The van der Waals surface area contributed by atoms with E-state index in [9.17, 15) is 4.79 Å². The third kappa shape index (κ3) is 2.00. The van der Waals surface area contributed by atoms with E-state index in [4.69, 9.17) is 0 Å². The van der Waals surface area contributed by atoms with Gasteiger partial charge in [0.15, 0.2) is 5.78 Å². The zero-order valence-corrected chi connectivity index (χ0v) is 14.6. The van der Waals surface area contributed by atoms with E-state index >= 15 is 0 Å². The smallest absolute Gasteiger partial charge is 0.273 e. The van der Waals surface area contributed by atoms with Gasteiger partial charge in [0, 0.05) is 36.8 Å². The second-order valence-electron chi connectivity index (χ2n) is 8.41. The van der Waals surface area contributed by atoms with Crippen molar-refractivity contribution in [2.75, 3.05) is 26.2 Å². The fraction of sp³-hybridized carbons (Fsp3) is 0.737. The van der Waals surface area contributed by atoms with Crippen LogP contribution < -0.4 is 0 Å². The van der Waals surface area contributed by atoms with Crippen molar-refractivity contribution in [1.29, 1.82) is 0 Å². The number of carbonyl (C=O) groups excluding carboxylic acids is 1. The summed E-state index contributed by atoms with van der Waals surface area (Å²) in [6.45, 7) is 8.83. The number of rotatable bonds is 2. The van der Waals surface area contributed by atoms with Crippen molar-refractivity contribution in [3.63, 3.8) is 0 Å². The van der Waals surface area contributed by atoms with E-state index in [1.807, 2.05) is 0 Å². The predicted octanol–water partition coefficient (Wildman–Crippen LogP) is 2.61.